The van der Waals surface area contributed by atoms with Crippen LogP contribution >= 0.6 is 22.9 Å². The van der Waals surface area contributed by atoms with Gasteiger partial charge in [-0.25, -0.2) is 10.4 Å². The number of hydrogen-bond donors (Lipinski definition) is 3. The van der Waals surface area contributed by atoms with Crippen molar-refractivity contribution in [3.63, 3.8) is 0 Å². The Bertz CT molecular complexity index is 1750. The molecule has 0 saturated carbocycles. The summed E-state index contributed by atoms with van der Waals surface area (Å²) in [5.74, 6) is -0.0241. The summed E-state index contributed by atoms with van der Waals surface area (Å²) in [6, 6.07) is 27.5. The summed E-state index contributed by atoms with van der Waals surface area (Å²) in [7, 11) is 0. The molecule has 2 amide bonds. The molecule has 43 heavy (non-hydrogen) atoms. The number of ether oxygens (including phenoxy) is 1. The Kier molecular flexibility index (Phi) is 9.46. The van der Waals surface area contributed by atoms with Gasteiger partial charge in [-0.15, -0.1) is 11.3 Å². The molecule has 4 aromatic carbocycles. The average molecular weight is 610 g/mol. The van der Waals surface area contributed by atoms with Crippen molar-refractivity contribution in [2.45, 2.75) is 13.8 Å². The van der Waals surface area contributed by atoms with E-state index in [1.165, 1.54) is 17.6 Å². The quantitative estimate of drug-likeness (QED) is 0.112. The summed E-state index contributed by atoms with van der Waals surface area (Å²) < 4.78 is 5.60. The molecule has 0 unspecified atom stereocenters. The summed E-state index contributed by atoms with van der Waals surface area (Å²) in [5, 5.41) is 13.6. The van der Waals surface area contributed by atoms with Crippen molar-refractivity contribution in [2.75, 3.05) is 17.2 Å². The lowest BCUT2D eigenvalue weighted by atomic mass is 10.1. The minimum absolute atomic E-state index is 0.112. The highest BCUT2D eigenvalue weighted by atomic mass is 35.5. The number of hydrazone groups is 1. The number of nitrogens with zero attached hydrogens (tertiary/aromatic N) is 2. The summed E-state index contributed by atoms with van der Waals surface area (Å²) in [6.45, 7) is 3.80. The molecule has 0 aliphatic rings. The van der Waals surface area contributed by atoms with Crippen molar-refractivity contribution >= 4 is 57.5 Å². The predicted octanol–water partition coefficient (Wildman–Crippen LogP) is 7.61. The molecule has 5 aromatic rings. The van der Waals surface area contributed by atoms with Crippen molar-refractivity contribution in [1.82, 2.24) is 10.4 Å². The molecule has 0 fully saturated rings. The first-order chi connectivity index (χ1) is 20.8. The Hall–Kier alpha value is -4.99. The number of thiazole rings is 1. The van der Waals surface area contributed by atoms with Crippen LogP contribution in [0.1, 0.15) is 27.0 Å². The smallest absolute Gasteiger partial charge is 0.271 e. The zero-order valence-electron chi connectivity index (χ0n) is 23.4. The Morgan fingerprint density at radius 2 is 1.70 bits per heavy atom. The molecular weight excluding hydrogens is 582 g/mol. The number of nitrogens with one attached hydrogen (secondary N) is 3. The highest BCUT2D eigenvalue weighted by Gasteiger charge is 2.09. The van der Waals surface area contributed by atoms with E-state index in [2.05, 4.69) is 26.1 Å². The third kappa shape index (κ3) is 8.28. The molecule has 0 saturated heterocycles. The summed E-state index contributed by atoms with van der Waals surface area (Å²) in [5.41, 5.74) is 9.20. The molecular formula is C33H28ClN5O3S. The maximum atomic E-state index is 12.6. The maximum Gasteiger partial charge on any atom is 0.271 e. The predicted molar refractivity (Wildman–Crippen MR) is 174 cm³/mol. The highest BCUT2D eigenvalue weighted by molar-refractivity contribution is 7.14. The standard InChI is InChI=1S/C33H28ClN5O3S/c1-21-3-4-22(2)29(17-21)37-31(40)19-42-28-15-5-23(6-16-28)18-35-39-32(41)25-9-7-24(8-10-25)30-20-43-33(38-30)36-27-13-11-26(34)12-14-27/h3-18,20H,19H2,1-2H3,(H,36,38)(H,37,40)(H,39,41)/b35-18-. The minimum atomic E-state index is -0.332. The van der Waals surface area contributed by atoms with E-state index in [0.29, 0.717) is 16.3 Å². The summed E-state index contributed by atoms with van der Waals surface area (Å²) in [4.78, 5) is 29.5. The lowest BCUT2D eigenvalue weighted by Crippen LogP contribution is -2.20. The van der Waals surface area contributed by atoms with E-state index in [1.54, 1.807) is 36.4 Å². The van der Waals surface area contributed by atoms with Gasteiger partial charge < -0.3 is 15.4 Å². The number of aromatic nitrogens is 1. The number of benzene rings is 4. The number of rotatable bonds is 10. The van der Waals surface area contributed by atoms with Crippen LogP contribution in [0.2, 0.25) is 5.02 Å². The molecule has 0 aliphatic carbocycles. The third-order valence-electron chi connectivity index (χ3n) is 6.34. The first kappa shape index (κ1) is 29.5. The van der Waals surface area contributed by atoms with Gasteiger partial charge in [-0.05, 0) is 97.3 Å². The number of anilines is 3. The van der Waals surface area contributed by atoms with Gasteiger partial charge in [-0.2, -0.15) is 5.10 Å². The van der Waals surface area contributed by atoms with Crippen molar-refractivity contribution in [3.05, 3.63) is 124 Å². The average Bonchev–Trinajstić information content (AvgIpc) is 3.48. The fraction of sp³-hybridized carbons (Fsp3) is 0.0909. The Labute approximate surface area is 258 Å². The van der Waals surface area contributed by atoms with E-state index in [9.17, 15) is 9.59 Å². The molecule has 0 aliphatic heterocycles. The van der Waals surface area contributed by atoms with Crippen LogP contribution in [0.5, 0.6) is 5.75 Å². The second-order valence-electron chi connectivity index (χ2n) is 9.67. The zero-order chi connectivity index (χ0) is 30.2. The molecule has 10 heteroatoms. The van der Waals surface area contributed by atoms with E-state index in [1.807, 2.05) is 73.8 Å². The molecule has 1 heterocycles. The van der Waals surface area contributed by atoms with E-state index >= 15 is 0 Å². The number of carbonyl (C=O) groups is 2. The Morgan fingerprint density at radius 1 is 0.953 bits per heavy atom. The van der Waals surface area contributed by atoms with Crippen LogP contribution in [-0.4, -0.2) is 29.6 Å². The number of halogens is 1. The SMILES string of the molecule is Cc1ccc(C)c(NC(=O)COc2ccc(/C=N\NC(=O)c3ccc(-c4csc(Nc5ccc(Cl)cc5)n4)cc3)cc2)c1. The molecule has 0 spiro atoms. The topological polar surface area (TPSA) is 105 Å². The fourth-order valence-electron chi connectivity index (χ4n) is 4.00. The highest BCUT2D eigenvalue weighted by Crippen LogP contribution is 2.28. The second kappa shape index (κ2) is 13.8. The van der Waals surface area contributed by atoms with Crippen LogP contribution in [0.3, 0.4) is 0 Å². The van der Waals surface area contributed by atoms with Gasteiger partial charge in [0.25, 0.3) is 11.8 Å². The van der Waals surface area contributed by atoms with Gasteiger partial charge >= 0.3 is 0 Å². The van der Waals surface area contributed by atoms with Gasteiger partial charge in [0.05, 0.1) is 11.9 Å². The lowest BCUT2D eigenvalue weighted by Gasteiger charge is -2.10. The molecule has 0 radical (unpaired) electrons. The molecule has 5 rings (SSSR count). The normalized spacial score (nSPS) is 10.9. The minimum Gasteiger partial charge on any atom is -0.484 e. The zero-order valence-corrected chi connectivity index (χ0v) is 25.0. The van der Waals surface area contributed by atoms with Crippen LogP contribution in [0.25, 0.3) is 11.3 Å². The number of hydrogen-bond acceptors (Lipinski definition) is 7. The second-order valence-corrected chi connectivity index (χ2v) is 11.0. The van der Waals surface area contributed by atoms with Crippen LogP contribution < -0.4 is 20.8 Å². The van der Waals surface area contributed by atoms with Crippen molar-refractivity contribution in [2.24, 2.45) is 5.10 Å². The molecule has 1 aromatic heterocycles. The number of carbonyl (C=O) groups excluding carboxylic acids is 2. The number of amides is 2. The van der Waals surface area contributed by atoms with E-state index in [-0.39, 0.29) is 18.4 Å². The lowest BCUT2D eigenvalue weighted by molar-refractivity contribution is -0.118. The Morgan fingerprint density at radius 3 is 2.44 bits per heavy atom. The molecule has 8 nitrogen and oxygen atoms in total. The molecule has 0 atom stereocenters. The van der Waals surface area contributed by atoms with E-state index in [0.717, 1.165) is 44.5 Å². The first-order valence-corrected chi connectivity index (χ1v) is 14.6. The van der Waals surface area contributed by atoms with Gasteiger partial charge in [0, 0.05) is 32.9 Å². The van der Waals surface area contributed by atoms with E-state index in [4.69, 9.17) is 16.3 Å². The van der Waals surface area contributed by atoms with Gasteiger partial charge in [0.15, 0.2) is 11.7 Å². The monoisotopic (exact) mass is 609 g/mol. The fourth-order valence-corrected chi connectivity index (χ4v) is 4.86. The number of aryl methyl sites for hydroxylation is 2. The van der Waals surface area contributed by atoms with E-state index < -0.39 is 0 Å². The third-order valence-corrected chi connectivity index (χ3v) is 7.35. The van der Waals surface area contributed by atoms with Crippen LogP contribution in [-0.2, 0) is 4.79 Å². The van der Waals surface area contributed by atoms with Crippen LogP contribution in [0, 0.1) is 13.8 Å². The van der Waals surface area contributed by atoms with Gasteiger partial charge in [0.1, 0.15) is 5.75 Å². The van der Waals surface area contributed by atoms with Crippen LogP contribution in [0.4, 0.5) is 16.5 Å². The summed E-state index contributed by atoms with van der Waals surface area (Å²) >= 11 is 7.43. The first-order valence-electron chi connectivity index (χ1n) is 13.3. The van der Waals surface area contributed by atoms with Crippen molar-refractivity contribution in [3.8, 4) is 17.0 Å². The van der Waals surface area contributed by atoms with Crippen molar-refractivity contribution in [1.29, 1.82) is 0 Å². The largest absolute Gasteiger partial charge is 0.484 e. The molecule has 0 bridgehead atoms. The molecule has 216 valence electrons. The van der Waals surface area contributed by atoms with Gasteiger partial charge in [-0.3, -0.25) is 9.59 Å². The van der Waals surface area contributed by atoms with Gasteiger partial charge in [-0.1, -0.05) is 35.9 Å². The Balaban J connectivity index is 1.08. The van der Waals surface area contributed by atoms with Gasteiger partial charge in [0.2, 0.25) is 0 Å². The van der Waals surface area contributed by atoms with Crippen LogP contribution in [0.15, 0.2) is 101 Å². The summed E-state index contributed by atoms with van der Waals surface area (Å²) in [6.07, 6.45) is 1.54. The van der Waals surface area contributed by atoms with Crippen molar-refractivity contribution < 1.29 is 14.3 Å². The maximum absolute atomic E-state index is 12.6. The molecule has 3 N–H and O–H groups in total.